The Kier molecular flexibility index (Phi) is 7.33. The molecule has 1 aliphatic carbocycles. The zero-order valence-electron chi connectivity index (χ0n) is 20.6. The number of hydrogen-bond donors (Lipinski definition) is 2. The third kappa shape index (κ3) is 5.09. The number of ketones is 2. The second kappa shape index (κ2) is 9.80. The largest absolute Gasteiger partial charge is 0.350 e. The van der Waals surface area contributed by atoms with Gasteiger partial charge in [0, 0.05) is 23.1 Å². The highest BCUT2D eigenvalue weighted by Crippen LogP contribution is 2.41. The molecule has 2 N–H and O–H groups in total. The normalized spacial score (nSPS) is 17.6. The van der Waals surface area contributed by atoms with Gasteiger partial charge in [-0.3, -0.25) is 26.7 Å². The smallest absolute Gasteiger partial charge is 0.298 e. The molecule has 216 valence electrons. The minimum atomic E-state index is -4.66. The zero-order chi connectivity index (χ0) is 30.0. The molecule has 4 rings (SSSR count). The van der Waals surface area contributed by atoms with Crippen molar-refractivity contribution in [1.29, 1.82) is 0 Å². The van der Waals surface area contributed by atoms with Gasteiger partial charge in [0.1, 0.15) is 10.6 Å². The zero-order valence-corrected chi connectivity index (χ0v) is 23.9. The van der Waals surface area contributed by atoms with Crippen LogP contribution in [0.2, 0.25) is 0 Å². The first-order valence-electron chi connectivity index (χ1n) is 10.7. The lowest BCUT2D eigenvalue weighted by atomic mass is 10.0. The van der Waals surface area contributed by atoms with Crippen LogP contribution in [0.4, 0.5) is 5.69 Å². The van der Waals surface area contributed by atoms with E-state index in [-0.39, 0.29) is 28.0 Å². The fraction of sp³-hybridized carbons (Fsp3) is 0.238. The molecule has 0 radical (unpaired) electrons. The number of carbonyl (C=O) groups is 2. The van der Waals surface area contributed by atoms with Crippen molar-refractivity contribution in [3.8, 4) is 0 Å². The van der Waals surface area contributed by atoms with Crippen molar-refractivity contribution < 1.29 is 60.4 Å². The molecule has 0 unspecified atom stereocenters. The molecule has 0 fully saturated rings. The molecular weight excluding hydrogens is 618 g/mol. The van der Waals surface area contributed by atoms with Crippen LogP contribution in [0.1, 0.15) is 31.8 Å². The van der Waals surface area contributed by atoms with Crippen LogP contribution >= 0.6 is 0 Å². The first-order valence-corrected chi connectivity index (χ1v) is 16.5. The number of allylic oxidation sites excluding steroid dienone is 2. The highest BCUT2D eigenvalue weighted by Gasteiger charge is 2.41. The summed E-state index contributed by atoms with van der Waals surface area (Å²) in [6.07, 6.45) is -0.508. The van der Waals surface area contributed by atoms with Crippen molar-refractivity contribution in [2.45, 2.75) is 26.9 Å². The summed E-state index contributed by atoms with van der Waals surface area (Å²) in [4.78, 5) is 24.8. The first kappa shape index (κ1) is 29.9. The van der Waals surface area contributed by atoms with Gasteiger partial charge in [0.25, 0.3) is 40.5 Å². The first-order chi connectivity index (χ1) is 18.4. The van der Waals surface area contributed by atoms with Crippen molar-refractivity contribution in [2.75, 3.05) is 26.6 Å². The molecule has 0 aromatic heterocycles. The number of hydrogen-bond acceptors (Lipinski definition) is 14. The predicted octanol–water partition coefficient (Wildman–Crippen LogP) is 0.381. The van der Waals surface area contributed by atoms with E-state index in [1.54, 1.807) is 0 Å². The number of anilines is 1. The molecule has 19 heteroatoms. The van der Waals surface area contributed by atoms with E-state index in [0.29, 0.717) is 0 Å². The molecule has 15 nitrogen and oxygen atoms in total. The standard InChI is InChI=1S/C21H19NO14S4/c1-34-38(28,29)11-6-13-12(16(7-11)39(30,31)35-2)8-15(20(13)23)19-21(24)14-4-10(9-37(25,26)27)5-17(18(14)22-19)40(32,33)36-3/h4-7,22H,8-9H2,1-3H3,(H,25,26,27)/b19-15-. The van der Waals surface area contributed by atoms with E-state index >= 15 is 0 Å². The van der Waals surface area contributed by atoms with Gasteiger partial charge in [-0.2, -0.15) is 33.7 Å². The van der Waals surface area contributed by atoms with Gasteiger partial charge in [-0.05, 0) is 35.4 Å². The maximum absolute atomic E-state index is 13.4. The molecule has 40 heavy (non-hydrogen) atoms. The highest BCUT2D eigenvalue weighted by molar-refractivity contribution is 7.87. The average molecular weight is 638 g/mol. The Balaban J connectivity index is 1.95. The molecule has 0 saturated carbocycles. The van der Waals surface area contributed by atoms with Crippen LogP contribution in [0.5, 0.6) is 0 Å². The highest BCUT2D eigenvalue weighted by atomic mass is 32.2. The predicted molar refractivity (Wildman–Crippen MR) is 134 cm³/mol. The Morgan fingerprint density at radius 1 is 0.750 bits per heavy atom. The van der Waals surface area contributed by atoms with E-state index < -0.39 is 90.2 Å². The number of Topliss-reactive ketones (excluding diaryl/α,β-unsaturated/α-hetero) is 2. The van der Waals surface area contributed by atoms with E-state index in [4.69, 9.17) is 0 Å². The van der Waals surface area contributed by atoms with Crippen LogP contribution in [0.25, 0.3) is 0 Å². The lowest BCUT2D eigenvalue weighted by Gasteiger charge is -2.10. The second-order valence-corrected chi connectivity index (χ2v) is 14.9. The van der Waals surface area contributed by atoms with E-state index in [1.165, 1.54) is 0 Å². The molecule has 0 saturated heterocycles. The van der Waals surface area contributed by atoms with E-state index in [9.17, 15) is 47.8 Å². The summed E-state index contributed by atoms with van der Waals surface area (Å²) in [6, 6.07) is 3.46. The second-order valence-electron chi connectivity index (χ2n) is 8.37. The van der Waals surface area contributed by atoms with Gasteiger partial charge in [-0.1, -0.05) is 0 Å². The van der Waals surface area contributed by atoms with Gasteiger partial charge in [-0.25, -0.2) is 0 Å². The van der Waals surface area contributed by atoms with Crippen molar-refractivity contribution in [3.63, 3.8) is 0 Å². The Labute approximate surface area is 228 Å². The topological polar surface area (TPSA) is 231 Å². The molecule has 2 aromatic carbocycles. The minimum Gasteiger partial charge on any atom is -0.350 e. The SMILES string of the molecule is COS(=O)(=O)c1cc2c(c(S(=O)(=O)OC)c1)C/C(=C1/Nc3c(cc(CS(=O)(=O)O)cc3S(=O)(=O)OC)C1=O)C2=O. The van der Waals surface area contributed by atoms with Gasteiger partial charge in [0.05, 0.1) is 42.5 Å². The summed E-state index contributed by atoms with van der Waals surface area (Å²) in [6.45, 7) is 0. The monoisotopic (exact) mass is 637 g/mol. The molecule has 2 aliphatic rings. The van der Waals surface area contributed by atoms with Crippen LogP contribution < -0.4 is 5.32 Å². The summed E-state index contributed by atoms with van der Waals surface area (Å²) >= 11 is 0. The minimum absolute atomic E-state index is 0.188. The molecular formula is C21H19NO14S4. The number of carbonyl (C=O) groups excluding carboxylic acids is 2. The third-order valence-electron chi connectivity index (χ3n) is 6.07. The summed E-state index contributed by atoms with van der Waals surface area (Å²) in [5, 5.41) is 2.53. The average Bonchev–Trinajstić information content (AvgIpc) is 3.38. The number of fused-ring (bicyclic) bond motifs is 2. The van der Waals surface area contributed by atoms with E-state index in [0.717, 1.165) is 45.6 Å². The van der Waals surface area contributed by atoms with Crippen molar-refractivity contribution in [3.05, 3.63) is 57.8 Å². The molecule has 0 amide bonds. The number of benzene rings is 2. The molecule has 0 atom stereocenters. The number of rotatable bonds is 8. The molecule has 0 bridgehead atoms. The maximum atomic E-state index is 13.4. The van der Waals surface area contributed by atoms with Crippen molar-refractivity contribution in [1.82, 2.24) is 0 Å². The lowest BCUT2D eigenvalue weighted by molar-refractivity contribution is 0.101. The van der Waals surface area contributed by atoms with Crippen LogP contribution in [0.3, 0.4) is 0 Å². The summed E-state index contributed by atoms with van der Waals surface area (Å²) < 4.78 is 121. The quantitative estimate of drug-likeness (QED) is 0.226. The van der Waals surface area contributed by atoms with Gasteiger partial charge >= 0.3 is 0 Å². The van der Waals surface area contributed by atoms with Gasteiger partial charge in [-0.15, -0.1) is 0 Å². The Bertz CT molecular complexity index is 1970. The fourth-order valence-corrected chi connectivity index (χ4v) is 7.47. The summed E-state index contributed by atoms with van der Waals surface area (Å²) in [5.41, 5.74) is -2.41. The molecule has 0 spiro atoms. The third-order valence-corrected chi connectivity index (χ3v) is 10.7. The fourth-order valence-electron chi connectivity index (χ4n) is 4.27. The molecule has 1 aliphatic heterocycles. The summed E-state index contributed by atoms with van der Waals surface area (Å²) in [5.74, 6) is -2.96. The van der Waals surface area contributed by atoms with Gasteiger partial charge in [0.2, 0.25) is 5.78 Å². The number of nitrogens with one attached hydrogen (secondary N) is 1. The molecule has 1 heterocycles. The molecule has 2 aromatic rings. The van der Waals surface area contributed by atoms with E-state index in [1.807, 2.05) is 0 Å². The van der Waals surface area contributed by atoms with Gasteiger partial charge < -0.3 is 5.32 Å². The van der Waals surface area contributed by atoms with Crippen LogP contribution in [-0.4, -0.2) is 71.1 Å². The van der Waals surface area contributed by atoms with Crippen molar-refractivity contribution in [2.24, 2.45) is 0 Å². The van der Waals surface area contributed by atoms with Crippen LogP contribution in [0.15, 0.2) is 50.2 Å². The van der Waals surface area contributed by atoms with Crippen LogP contribution in [-0.2, 0) is 65.2 Å². The maximum Gasteiger partial charge on any atom is 0.298 e. The van der Waals surface area contributed by atoms with Gasteiger partial charge in [0.15, 0.2) is 5.78 Å². The van der Waals surface area contributed by atoms with Crippen LogP contribution in [0, 0.1) is 0 Å². The van der Waals surface area contributed by atoms with E-state index in [2.05, 4.69) is 17.9 Å². The Morgan fingerprint density at radius 2 is 1.32 bits per heavy atom. The lowest BCUT2D eigenvalue weighted by Crippen LogP contribution is -2.11. The van der Waals surface area contributed by atoms with Crippen molar-refractivity contribution >= 4 is 57.7 Å². The Morgan fingerprint density at radius 3 is 1.88 bits per heavy atom. The summed E-state index contributed by atoms with van der Waals surface area (Å²) in [7, 11) is -15.8. The Hall–Kier alpha value is -3.04.